The highest BCUT2D eigenvalue weighted by Crippen LogP contribution is 2.35. The summed E-state index contributed by atoms with van der Waals surface area (Å²) in [4.78, 5) is 14.7. The van der Waals surface area contributed by atoms with Crippen molar-refractivity contribution < 1.29 is 13.2 Å². The van der Waals surface area contributed by atoms with Crippen LogP contribution in [0.2, 0.25) is 0 Å². The number of halogens is 3. The molecule has 9 heteroatoms. The molecule has 0 bridgehead atoms. The molecule has 0 unspecified atom stereocenters. The van der Waals surface area contributed by atoms with Gasteiger partial charge in [0.1, 0.15) is 5.82 Å². The summed E-state index contributed by atoms with van der Waals surface area (Å²) < 4.78 is 39.7. The first-order valence-electron chi connectivity index (χ1n) is 9.30. The lowest BCUT2D eigenvalue weighted by Crippen LogP contribution is -2.44. The lowest BCUT2D eigenvalue weighted by molar-refractivity contribution is -0.137. The highest BCUT2D eigenvalue weighted by Gasteiger charge is 2.34. The first-order chi connectivity index (χ1) is 13.7. The summed E-state index contributed by atoms with van der Waals surface area (Å²) in [5.41, 5.74) is -0.736. The van der Waals surface area contributed by atoms with Gasteiger partial charge in [-0.1, -0.05) is 0 Å². The smallest absolute Gasteiger partial charge is 0.371 e. The van der Waals surface area contributed by atoms with E-state index < -0.39 is 11.7 Å². The van der Waals surface area contributed by atoms with E-state index in [1.165, 1.54) is 6.07 Å². The molecule has 0 N–H and O–H groups in total. The van der Waals surface area contributed by atoms with E-state index in [1.54, 1.807) is 18.3 Å². The van der Waals surface area contributed by atoms with Gasteiger partial charge in [-0.15, -0.1) is 0 Å². The number of nitrogens with zero attached hydrogens (tertiary/aromatic N) is 6. The van der Waals surface area contributed by atoms with Crippen LogP contribution in [0.15, 0.2) is 30.5 Å². The minimum absolute atomic E-state index is 0.233. The van der Waals surface area contributed by atoms with Crippen LogP contribution < -0.4 is 14.7 Å². The fourth-order valence-corrected chi connectivity index (χ4v) is 3.51. The first kappa shape index (κ1) is 20.7. The third kappa shape index (κ3) is 4.53. The Morgan fingerprint density at radius 1 is 1.14 bits per heavy atom. The lowest BCUT2D eigenvalue weighted by Gasteiger charge is -2.38. The zero-order chi connectivity index (χ0) is 21.2. The SMILES string of the molecule is CN(C)c1nccc(N(C)C2CCN(c3ccc(C#N)c(C(F)(F)F)c3)CC2)n1. The summed E-state index contributed by atoms with van der Waals surface area (Å²) >= 11 is 0. The first-order valence-corrected chi connectivity index (χ1v) is 9.30. The van der Waals surface area contributed by atoms with Gasteiger partial charge in [0.05, 0.1) is 17.2 Å². The van der Waals surface area contributed by atoms with Gasteiger partial charge in [0.2, 0.25) is 5.95 Å². The lowest BCUT2D eigenvalue weighted by atomic mass is 10.0. The quantitative estimate of drug-likeness (QED) is 0.777. The van der Waals surface area contributed by atoms with Crippen LogP contribution in [0.25, 0.3) is 0 Å². The zero-order valence-corrected chi connectivity index (χ0v) is 16.6. The highest BCUT2D eigenvalue weighted by atomic mass is 19.4. The van der Waals surface area contributed by atoms with Crippen LogP contribution in [0.3, 0.4) is 0 Å². The van der Waals surface area contributed by atoms with E-state index in [9.17, 15) is 13.2 Å². The van der Waals surface area contributed by atoms with Crippen molar-refractivity contribution in [1.29, 1.82) is 5.26 Å². The molecule has 1 fully saturated rings. The second-order valence-electron chi connectivity index (χ2n) is 7.28. The molecule has 0 atom stereocenters. The van der Waals surface area contributed by atoms with E-state index in [0.29, 0.717) is 24.7 Å². The molecule has 1 aromatic carbocycles. The van der Waals surface area contributed by atoms with Crippen LogP contribution in [-0.2, 0) is 6.18 Å². The second-order valence-corrected chi connectivity index (χ2v) is 7.28. The number of aromatic nitrogens is 2. The molecule has 2 heterocycles. The number of hydrogen-bond acceptors (Lipinski definition) is 6. The number of benzene rings is 1. The van der Waals surface area contributed by atoms with Crippen molar-refractivity contribution in [1.82, 2.24) is 9.97 Å². The van der Waals surface area contributed by atoms with Gasteiger partial charge in [-0.2, -0.15) is 23.4 Å². The molecular formula is C20H23F3N6. The van der Waals surface area contributed by atoms with Crippen molar-refractivity contribution >= 4 is 17.5 Å². The summed E-state index contributed by atoms with van der Waals surface area (Å²) in [6.45, 7) is 1.26. The molecule has 2 aromatic rings. The Morgan fingerprint density at radius 3 is 2.41 bits per heavy atom. The van der Waals surface area contributed by atoms with E-state index in [-0.39, 0.29) is 11.6 Å². The number of nitriles is 1. The van der Waals surface area contributed by atoms with Crippen LogP contribution in [-0.4, -0.2) is 50.2 Å². The molecule has 29 heavy (non-hydrogen) atoms. The summed E-state index contributed by atoms with van der Waals surface area (Å²) in [7, 11) is 5.74. The zero-order valence-electron chi connectivity index (χ0n) is 16.6. The summed E-state index contributed by atoms with van der Waals surface area (Å²) in [6.07, 6.45) is -1.24. The van der Waals surface area contributed by atoms with Gasteiger partial charge in [0.15, 0.2) is 0 Å². The van der Waals surface area contributed by atoms with Crippen molar-refractivity contribution in [3.05, 3.63) is 41.6 Å². The highest BCUT2D eigenvalue weighted by molar-refractivity contribution is 5.55. The molecule has 1 aromatic heterocycles. The van der Waals surface area contributed by atoms with Crippen molar-refractivity contribution in [3.63, 3.8) is 0 Å². The second kappa shape index (κ2) is 8.15. The predicted molar refractivity (Wildman–Crippen MR) is 106 cm³/mol. The van der Waals surface area contributed by atoms with E-state index in [4.69, 9.17) is 5.26 Å². The Bertz CT molecular complexity index is 898. The van der Waals surface area contributed by atoms with Crippen molar-refractivity contribution in [3.8, 4) is 6.07 Å². The summed E-state index contributed by atoms with van der Waals surface area (Å²) in [6, 6.07) is 7.63. The molecule has 6 nitrogen and oxygen atoms in total. The standard InChI is InChI=1S/C20H23F3N6/c1-27(2)19-25-9-6-18(26-19)28(3)15-7-10-29(11-8-15)16-5-4-14(13-24)17(12-16)20(21,22)23/h4-6,9,12,15H,7-8,10-11H2,1-3H3. The molecule has 0 amide bonds. The van der Waals surface area contributed by atoms with Crippen LogP contribution >= 0.6 is 0 Å². The number of anilines is 3. The molecule has 154 valence electrons. The minimum atomic E-state index is -4.54. The maximum Gasteiger partial charge on any atom is 0.417 e. The van der Waals surface area contributed by atoms with Crippen LogP contribution in [0.1, 0.15) is 24.0 Å². The van der Waals surface area contributed by atoms with Crippen LogP contribution in [0.5, 0.6) is 0 Å². The van der Waals surface area contributed by atoms with Crippen molar-refractivity contribution in [2.75, 3.05) is 48.9 Å². The molecule has 0 spiro atoms. The van der Waals surface area contributed by atoms with E-state index in [2.05, 4.69) is 14.9 Å². The predicted octanol–water partition coefficient (Wildman–Crippen LogP) is 3.54. The molecule has 0 aliphatic carbocycles. The molecule has 0 radical (unpaired) electrons. The third-order valence-electron chi connectivity index (χ3n) is 5.20. The Hall–Kier alpha value is -3.02. The average molecular weight is 404 g/mol. The van der Waals surface area contributed by atoms with Gasteiger partial charge in [-0.25, -0.2) is 4.98 Å². The van der Waals surface area contributed by atoms with Crippen molar-refractivity contribution in [2.24, 2.45) is 0 Å². The van der Waals surface area contributed by atoms with Gasteiger partial charge in [0, 0.05) is 52.2 Å². The van der Waals surface area contributed by atoms with E-state index >= 15 is 0 Å². The summed E-state index contributed by atoms with van der Waals surface area (Å²) in [5, 5.41) is 8.96. The third-order valence-corrected chi connectivity index (χ3v) is 5.20. The Labute approximate surface area is 168 Å². The Kier molecular flexibility index (Phi) is 5.82. The van der Waals surface area contributed by atoms with Gasteiger partial charge in [0.25, 0.3) is 0 Å². The largest absolute Gasteiger partial charge is 0.417 e. The van der Waals surface area contributed by atoms with E-state index in [0.717, 1.165) is 24.7 Å². The molecule has 1 aliphatic heterocycles. The number of alkyl halides is 3. The fraction of sp³-hybridized carbons (Fsp3) is 0.450. The molecule has 1 aliphatic rings. The number of piperidine rings is 1. The van der Waals surface area contributed by atoms with Gasteiger partial charge in [-0.3, -0.25) is 0 Å². The fourth-order valence-electron chi connectivity index (χ4n) is 3.51. The van der Waals surface area contributed by atoms with Gasteiger partial charge in [-0.05, 0) is 37.1 Å². The maximum atomic E-state index is 13.2. The Morgan fingerprint density at radius 2 is 1.83 bits per heavy atom. The monoisotopic (exact) mass is 404 g/mol. The number of hydrogen-bond donors (Lipinski definition) is 0. The average Bonchev–Trinajstić information content (AvgIpc) is 2.72. The molecule has 1 saturated heterocycles. The van der Waals surface area contributed by atoms with Gasteiger partial charge < -0.3 is 14.7 Å². The molecular weight excluding hydrogens is 381 g/mol. The number of rotatable bonds is 4. The van der Waals surface area contributed by atoms with Crippen LogP contribution in [0, 0.1) is 11.3 Å². The van der Waals surface area contributed by atoms with Crippen molar-refractivity contribution in [2.45, 2.75) is 25.1 Å². The molecule has 3 rings (SSSR count). The summed E-state index contributed by atoms with van der Waals surface area (Å²) in [5.74, 6) is 1.45. The topological polar surface area (TPSA) is 59.3 Å². The normalized spacial score (nSPS) is 15.1. The molecule has 0 saturated carbocycles. The van der Waals surface area contributed by atoms with Gasteiger partial charge >= 0.3 is 6.18 Å². The minimum Gasteiger partial charge on any atom is -0.371 e. The maximum absolute atomic E-state index is 13.2. The Balaban J connectivity index is 1.71. The van der Waals surface area contributed by atoms with Crippen LogP contribution in [0.4, 0.5) is 30.6 Å². The van der Waals surface area contributed by atoms with E-state index in [1.807, 2.05) is 37.0 Å².